The van der Waals surface area contributed by atoms with E-state index in [1.165, 1.54) is 31.6 Å². The zero-order chi connectivity index (χ0) is 14.6. The fraction of sp³-hybridized carbons (Fsp3) is 0.0769. The number of methoxy groups -OCH3 is 1. The highest BCUT2D eigenvalue weighted by atomic mass is 35.5. The van der Waals surface area contributed by atoms with Crippen molar-refractivity contribution in [3.05, 3.63) is 52.8 Å². The number of rotatable bonds is 4. The first-order chi connectivity index (χ1) is 9.51. The Morgan fingerprint density at radius 3 is 2.65 bits per heavy atom. The van der Waals surface area contributed by atoms with Crippen LogP contribution in [0.25, 0.3) is 6.08 Å². The second kappa shape index (κ2) is 6.02. The first-order valence-corrected chi connectivity index (χ1v) is 7.48. The summed E-state index contributed by atoms with van der Waals surface area (Å²) >= 11 is 5.73. The Morgan fingerprint density at radius 1 is 1.20 bits per heavy atom. The molecule has 0 radical (unpaired) electrons. The molecule has 2 heterocycles. The second-order valence-electron chi connectivity index (χ2n) is 3.79. The molecule has 7 heteroatoms. The first-order valence-electron chi connectivity index (χ1n) is 5.56. The second-order valence-corrected chi connectivity index (χ2v) is 5.96. The number of nitrogens with zero attached hydrogens (tertiary/aromatic N) is 2. The number of pyridine rings is 2. The van der Waals surface area contributed by atoms with E-state index >= 15 is 0 Å². The van der Waals surface area contributed by atoms with Crippen LogP contribution in [0.15, 0.2) is 47.1 Å². The number of ether oxygens (including phenoxy) is 1. The molecule has 0 saturated carbocycles. The van der Waals surface area contributed by atoms with Gasteiger partial charge in [0.1, 0.15) is 10.9 Å². The summed E-state index contributed by atoms with van der Waals surface area (Å²) in [6.07, 6.45) is 4.31. The lowest BCUT2D eigenvalue weighted by atomic mass is 10.3. The molecular formula is C13H11ClN2O3S. The van der Waals surface area contributed by atoms with E-state index in [1.54, 1.807) is 18.2 Å². The largest absolute Gasteiger partial charge is 0.497 e. The van der Waals surface area contributed by atoms with Crippen molar-refractivity contribution in [2.75, 3.05) is 7.11 Å². The Labute approximate surface area is 121 Å². The van der Waals surface area contributed by atoms with Gasteiger partial charge in [-0.05, 0) is 29.8 Å². The van der Waals surface area contributed by atoms with Crippen molar-refractivity contribution in [3.8, 4) is 5.75 Å². The molecule has 0 aromatic carbocycles. The van der Waals surface area contributed by atoms with Crippen molar-refractivity contribution in [2.24, 2.45) is 0 Å². The molecule has 5 nitrogen and oxygen atoms in total. The zero-order valence-corrected chi connectivity index (χ0v) is 12.1. The van der Waals surface area contributed by atoms with E-state index in [4.69, 9.17) is 16.3 Å². The predicted octanol–water partition coefficient (Wildman–Crippen LogP) is 2.58. The van der Waals surface area contributed by atoms with Crippen LogP contribution in [-0.2, 0) is 9.84 Å². The maximum atomic E-state index is 12.1. The summed E-state index contributed by atoms with van der Waals surface area (Å²) in [5, 5.41) is 1.29. The van der Waals surface area contributed by atoms with E-state index in [9.17, 15) is 8.42 Å². The standard InChI is InChI=1S/C13H11ClN2O3S/c1-19-11-3-6-16-13(9-11)20(17,18)7-4-10-2-5-15-12(14)8-10/h2-9H,1H3/b7-4+. The van der Waals surface area contributed by atoms with Gasteiger partial charge in [0.25, 0.3) is 0 Å². The number of hydrogen-bond acceptors (Lipinski definition) is 5. The van der Waals surface area contributed by atoms with Crippen LogP contribution in [0, 0.1) is 0 Å². The lowest BCUT2D eigenvalue weighted by Gasteiger charge is -2.02. The summed E-state index contributed by atoms with van der Waals surface area (Å²) in [7, 11) is -2.18. The molecule has 0 spiro atoms. The Bertz CT molecular complexity index is 745. The van der Waals surface area contributed by atoms with Gasteiger partial charge in [-0.3, -0.25) is 0 Å². The van der Waals surface area contributed by atoms with Crippen LogP contribution in [-0.4, -0.2) is 25.5 Å². The van der Waals surface area contributed by atoms with Gasteiger partial charge >= 0.3 is 0 Å². The fourth-order valence-corrected chi connectivity index (χ4v) is 2.58. The molecule has 2 aromatic rings. The van der Waals surface area contributed by atoms with Gasteiger partial charge in [-0.15, -0.1) is 0 Å². The van der Waals surface area contributed by atoms with Crippen molar-refractivity contribution in [1.29, 1.82) is 0 Å². The van der Waals surface area contributed by atoms with Crippen LogP contribution < -0.4 is 4.74 Å². The van der Waals surface area contributed by atoms with E-state index in [-0.39, 0.29) is 5.03 Å². The van der Waals surface area contributed by atoms with E-state index in [2.05, 4.69) is 9.97 Å². The highest BCUT2D eigenvalue weighted by Gasteiger charge is 2.12. The molecule has 0 aliphatic rings. The molecule has 0 bridgehead atoms. The topological polar surface area (TPSA) is 69.2 Å². The van der Waals surface area contributed by atoms with Crippen LogP contribution in [0.4, 0.5) is 0 Å². The molecular weight excluding hydrogens is 300 g/mol. The minimum Gasteiger partial charge on any atom is -0.497 e. The van der Waals surface area contributed by atoms with Gasteiger partial charge < -0.3 is 4.74 Å². The van der Waals surface area contributed by atoms with Gasteiger partial charge in [0.2, 0.25) is 9.84 Å². The molecule has 0 aliphatic carbocycles. The van der Waals surface area contributed by atoms with Gasteiger partial charge in [0, 0.05) is 23.9 Å². The summed E-state index contributed by atoms with van der Waals surface area (Å²) in [6.45, 7) is 0. The molecule has 0 amide bonds. The van der Waals surface area contributed by atoms with Crippen LogP contribution in [0.3, 0.4) is 0 Å². The maximum Gasteiger partial charge on any atom is 0.217 e. The summed E-state index contributed by atoms with van der Waals surface area (Å²) in [4.78, 5) is 7.65. The minimum absolute atomic E-state index is 0.0757. The van der Waals surface area contributed by atoms with Crippen molar-refractivity contribution in [1.82, 2.24) is 9.97 Å². The van der Waals surface area contributed by atoms with E-state index in [0.717, 1.165) is 5.41 Å². The third-order valence-electron chi connectivity index (χ3n) is 2.42. The first kappa shape index (κ1) is 14.5. The molecule has 0 saturated heterocycles. The molecule has 2 aromatic heterocycles. The molecule has 104 valence electrons. The highest BCUT2D eigenvalue weighted by molar-refractivity contribution is 7.94. The molecule has 0 N–H and O–H groups in total. The van der Waals surface area contributed by atoms with Gasteiger partial charge in [-0.2, -0.15) is 0 Å². The van der Waals surface area contributed by atoms with Gasteiger partial charge in [0.15, 0.2) is 5.03 Å². The average Bonchev–Trinajstić information content (AvgIpc) is 2.45. The van der Waals surface area contributed by atoms with E-state index < -0.39 is 9.84 Å². The Kier molecular flexibility index (Phi) is 4.36. The monoisotopic (exact) mass is 310 g/mol. The average molecular weight is 311 g/mol. The Morgan fingerprint density at radius 2 is 1.95 bits per heavy atom. The fourth-order valence-electron chi connectivity index (χ4n) is 1.43. The van der Waals surface area contributed by atoms with Crippen LogP contribution in [0.2, 0.25) is 5.15 Å². The number of hydrogen-bond donors (Lipinski definition) is 0. The molecule has 0 atom stereocenters. The Hall–Kier alpha value is -1.92. The van der Waals surface area contributed by atoms with Gasteiger partial charge in [0.05, 0.1) is 7.11 Å². The van der Waals surface area contributed by atoms with Crippen molar-refractivity contribution < 1.29 is 13.2 Å². The van der Waals surface area contributed by atoms with Crippen LogP contribution in [0.5, 0.6) is 5.75 Å². The Balaban J connectivity index is 2.31. The molecule has 2 rings (SSSR count). The third kappa shape index (κ3) is 3.55. The normalized spacial score (nSPS) is 11.7. The lowest BCUT2D eigenvalue weighted by molar-refractivity contribution is 0.412. The molecule has 20 heavy (non-hydrogen) atoms. The summed E-state index contributed by atoms with van der Waals surface area (Å²) in [5.74, 6) is 0.430. The van der Waals surface area contributed by atoms with Crippen LogP contribution in [0.1, 0.15) is 5.56 Å². The van der Waals surface area contributed by atoms with Gasteiger partial charge in [-0.1, -0.05) is 11.6 Å². The van der Waals surface area contributed by atoms with Crippen molar-refractivity contribution in [3.63, 3.8) is 0 Å². The maximum absolute atomic E-state index is 12.1. The molecule has 0 unspecified atom stereocenters. The molecule has 0 aliphatic heterocycles. The highest BCUT2D eigenvalue weighted by Crippen LogP contribution is 2.17. The number of halogens is 1. The SMILES string of the molecule is COc1ccnc(S(=O)(=O)/C=C/c2ccnc(Cl)c2)c1. The van der Waals surface area contributed by atoms with Crippen molar-refractivity contribution >= 4 is 27.5 Å². The smallest absolute Gasteiger partial charge is 0.217 e. The third-order valence-corrected chi connectivity index (χ3v) is 3.93. The van der Waals surface area contributed by atoms with Crippen LogP contribution >= 0.6 is 11.6 Å². The zero-order valence-electron chi connectivity index (χ0n) is 10.5. The lowest BCUT2D eigenvalue weighted by Crippen LogP contribution is -1.99. The van der Waals surface area contributed by atoms with Gasteiger partial charge in [-0.25, -0.2) is 18.4 Å². The quantitative estimate of drug-likeness (QED) is 0.812. The molecule has 0 fully saturated rings. The summed E-state index contributed by atoms with van der Waals surface area (Å²) < 4.78 is 29.2. The van der Waals surface area contributed by atoms with E-state index in [0.29, 0.717) is 16.5 Å². The van der Waals surface area contributed by atoms with Crippen molar-refractivity contribution in [2.45, 2.75) is 5.03 Å². The summed E-state index contributed by atoms with van der Waals surface area (Å²) in [6, 6.07) is 6.15. The van der Waals surface area contributed by atoms with E-state index in [1.807, 2.05) is 0 Å². The predicted molar refractivity (Wildman–Crippen MR) is 76.3 cm³/mol. The summed E-state index contributed by atoms with van der Waals surface area (Å²) in [5.41, 5.74) is 0.636. The minimum atomic E-state index is -3.64. The number of aromatic nitrogens is 2. The number of sulfone groups is 1.